The molecule has 0 atom stereocenters. The Hall–Kier alpha value is -2.43. The minimum absolute atomic E-state index is 0.316. The summed E-state index contributed by atoms with van der Waals surface area (Å²) in [5, 5.41) is 5.45. The Labute approximate surface area is 124 Å². The SMILES string of the molecule is CCN(CC)c1ccc(NC(=O)Nc2ccco2)c(C)c1. The number of amides is 2. The third-order valence-electron chi connectivity index (χ3n) is 3.34. The summed E-state index contributed by atoms with van der Waals surface area (Å²) in [5.41, 5.74) is 2.97. The molecule has 0 aliphatic heterocycles. The molecular formula is C16H21N3O2. The molecule has 2 aromatic rings. The molecule has 21 heavy (non-hydrogen) atoms. The number of urea groups is 1. The maximum absolute atomic E-state index is 11.9. The van der Waals surface area contributed by atoms with Gasteiger partial charge in [0.2, 0.25) is 5.88 Å². The zero-order valence-electron chi connectivity index (χ0n) is 12.6. The molecule has 1 aromatic carbocycles. The first-order valence-corrected chi connectivity index (χ1v) is 7.11. The van der Waals surface area contributed by atoms with Gasteiger partial charge in [-0.05, 0) is 50.6 Å². The Morgan fingerprint density at radius 1 is 1.19 bits per heavy atom. The topological polar surface area (TPSA) is 57.5 Å². The second-order valence-corrected chi connectivity index (χ2v) is 4.73. The molecular weight excluding hydrogens is 266 g/mol. The standard InChI is InChI=1S/C16H21N3O2/c1-4-19(5-2)13-8-9-14(12(3)11-13)17-16(20)18-15-7-6-10-21-15/h6-11H,4-5H2,1-3H3,(H2,17,18,20). The Kier molecular flexibility index (Phi) is 4.87. The number of anilines is 3. The molecule has 0 unspecified atom stereocenters. The fourth-order valence-corrected chi connectivity index (χ4v) is 2.19. The van der Waals surface area contributed by atoms with Crippen molar-refractivity contribution in [2.45, 2.75) is 20.8 Å². The highest BCUT2D eigenvalue weighted by molar-refractivity contribution is 5.99. The van der Waals surface area contributed by atoms with Crippen LogP contribution in [0.5, 0.6) is 0 Å². The third kappa shape index (κ3) is 3.78. The van der Waals surface area contributed by atoms with E-state index in [1.54, 1.807) is 12.1 Å². The van der Waals surface area contributed by atoms with Gasteiger partial charge in [0, 0.05) is 30.5 Å². The number of carbonyl (C=O) groups excluding carboxylic acids is 1. The van der Waals surface area contributed by atoms with Crippen molar-refractivity contribution in [1.29, 1.82) is 0 Å². The smallest absolute Gasteiger partial charge is 0.326 e. The van der Waals surface area contributed by atoms with Gasteiger partial charge in [0.25, 0.3) is 0 Å². The number of hydrogen-bond acceptors (Lipinski definition) is 3. The van der Waals surface area contributed by atoms with Crippen LogP contribution in [0.1, 0.15) is 19.4 Å². The fraction of sp³-hybridized carbons (Fsp3) is 0.312. The van der Waals surface area contributed by atoms with Crippen LogP contribution in [-0.2, 0) is 0 Å². The van der Waals surface area contributed by atoms with Crippen molar-refractivity contribution in [3.05, 3.63) is 42.2 Å². The van der Waals surface area contributed by atoms with Gasteiger partial charge in [0.15, 0.2) is 0 Å². The molecule has 0 fully saturated rings. The summed E-state index contributed by atoms with van der Waals surface area (Å²) in [5.74, 6) is 0.421. The number of nitrogens with one attached hydrogen (secondary N) is 2. The van der Waals surface area contributed by atoms with Crippen LogP contribution in [-0.4, -0.2) is 19.1 Å². The Bertz CT molecular complexity index is 590. The van der Waals surface area contributed by atoms with E-state index in [9.17, 15) is 4.79 Å². The predicted molar refractivity (Wildman–Crippen MR) is 86.1 cm³/mol. The highest BCUT2D eigenvalue weighted by Gasteiger charge is 2.08. The molecule has 2 N–H and O–H groups in total. The minimum atomic E-state index is -0.316. The van der Waals surface area contributed by atoms with Crippen molar-refractivity contribution >= 4 is 23.3 Å². The van der Waals surface area contributed by atoms with Crippen molar-refractivity contribution in [2.75, 3.05) is 28.6 Å². The molecule has 0 saturated carbocycles. The minimum Gasteiger partial charge on any atom is -0.449 e. The molecule has 0 bridgehead atoms. The number of carbonyl (C=O) groups is 1. The van der Waals surface area contributed by atoms with Gasteiger partial charge >= 0.3 is 6.03 Å². The van der Waals surface area contributed by atoms with Gasteiger partial charge in [-0.25, -0.2) is 4.79 Å². The number of benzene rings is 1. The van der Waals surface area contributed by atoms with E-state index in [2.05, 4.69) is 35.4 Å². The van der Waals surface area contributed by atoms with Gasteiger partial charge < -0.3 is 14.6 Å². The number of aryl methyl sites for hydroxylation is 1. The van der Waals surface area contributed by atoms with Gasteiger partial charge in [-0.15, -0.1) is 0 Å². The summed E-state index contributed by atoms with van der Waals surface area (Å²) in [6.07, 6.45) is 1.51. The molecule has 5 heteroatoms. The summed E-state index contributed by atoms with van der Waals surface area (Å²) >= 11 is 0. The maximum Gasteiger partial charge on any atom is 0.326 e. The monoisotopic (exact) mass is 287 g/mol. The van der Waals surface area contributed by atoms with Crippen molar-refractivity contribution < 1.29 is 9.21 Å². The van der Waals surface area contributed by atoms with Crippen molar-refractivity contribution in [3.63, 3.8) is 0 Å². The van der Waals surface area contributed by atoms with Gasteiger partial charge in [0.1, 0.15) is 0 Å². The Morgan fingerprint density at radius 3 is 2.52 bits per heavy atom. The number of hydrogen-bond donors (Lipinski definition) is 2. The van der Waals surface area contributed by atoms with Crippen LogP contribution < -0.4 is 15.5 Å². The van der Waals surface area contributed by atoms with Gasteiger partial charge in [0.05, 0.1) is 6.26 Å². The van der Waals surface area contributed by atoms with E-state index < -0.39 is 0 Å². The largest absolute Gasteiger partial charge is 0.449 e. The quantitative estimate of drug-likeness (QED) is 0.871. The number of rotatable bonds is 5. The second kappa shape index (κ2) is 6.83. The predicted octanol–water partition coefficient (Wildman–Crippen LogP) is 4.08. The zero-order chi connectivity index (χ0) is 15.2. The van der Waals surface area contributed by atoms with E-state index in [0.29, 0.717) is 5.88 Å². The Morgan fingerprint density at radius 2 is 1.95 bits per heavy atom. The van der Waals surface area contributed by atoms with Gasteiger partial charge in [-0.2, -0.15) is 0 Å². The molecule has 5 nitrogen and oxygen atoms in total. The van der Waals surface area contributed by atoms with Gasteiger partial charge in [-0.3, -0.25) is 5.32 Å². The van der Waals surface area contributed by atoms with Gasteiger partial charge in [-0.1, -0.05) is 0 Å². The molecule has 0 saturated heterocycles. The second-order valence-electron chi connectivity index (χ2n) is 4.73. The molecule has 0 aliphatic rings. The lowest BCUT2D eigenvalue weighted by molar-refractivity contribution is 0.261. The van der Waals surface area contributed by atoms with Crippen LogP contribution in [0.4, 0.5) is 22.1 Å². The molecule has 2 amide bonds. The van der Waals surface area contributed by atoms with Crippen LogP contribution in [0.15, 0.2) is 41.0 Å². The maximum atomic E-state index is 11.9. The summed E-state index contributed by atoms with van der Waals surface area (Å²) in [6.45, 7) is 8.16. The fourth-order valence-electron chi connectivity index (χ4n) is 2.19. The molecule has 0 spiro atoms. The van der Waals surface area contributed by atoms with Crippen LogP contribution in [0, 0.1) is 6.92 Å². The molecule has 112 valence electrons. The van der Waals surface area contributed by atoms with Crippen LogP contribution >= 0.6 is 0 Å². The van der Waals surface area contributed by atoms with Crippen LogP contribution in [0.3, 0.4) is 0 Å². The lowest BCUT2D eigenvalue weighted by atomic mass is 10.1. The first kappa shape index (κ1) is 15.0. The van der Waals surface area contributed by atoms with Crippen molar-refractivity contribution in [2.24, 2.45) is 0 Å². The molecule has 2 rings (SSSR count). The Balaban J connectivity index is 2.05. The number of furan rings is 1. The summed E-state index contributed by atoms with van der Waals surface area (Å²) in [4.78, 5) is 14.1. The summed E-state index contributed by atoms with van der Waals surface area (Å²) < 4.78 is 5.07. The lowest BCUT2D eigenvalue weighted by Crippen LogP contribution is -2.22. The summed E-state index contributed by atoms with van der Waals surface area (Å²) in [7, 11) is 0. The molecule has 0 radical (unpaired) electrons. The average molecular weight is 287 g/mol. The molecule has 1 heterocycles. The number of nitrogens with zero attached hydrogens (tertiary/aromatic N) is 1. The van der Waals surface area contributed by atoms with E-state index in [1.165, 1.54) is 6.26 Å². The average Bonchev–Trinajstić information content (AvgIpc) is 2.96. The first-order chi connectivity index (χ1) is 10.1. The van der Waals surface area contributed by atoms with E-state index in [0.717, 1.165) is 30.0 Å². The molecule has 0 aliphatic carbocycles. The zero-order valence-corrected chi connectivity index (χ0v) is 12.6. The van der Waals surface area contributed by atoms with Crippen LogP contribution in [0.2, 0.25) is 0 Å². The van der Waals surface area contributed by atoms with E-state index in [1.807, 2.05) is 19.1 Å². The lowest BCUT2D eigenvalue weighted by Gasteiger charge is -2.22. The van der Waals surface area contributed by atoms with E-state index in [-0.39, 0.29) is 6.03 Å². The van der Waals surface area contributed by atoms with Crippen molar-refractivity contribution in [1.82, 2.24) is 0 Å². The highest BCUT2D eigenvalue weighted by Crippen LogP contribution is 2.22. The van der Waals surface area contributed by atoms with Crippen molar-refractivity contribution in [3.8, 4) is 0 Å². The first-order valence-electron chi connectivity index (χ1n) is 7.11. The highest BCUT2D eigenvalue weighted by atomic mass is 16.3. The molecule has 1 aromatic heterocycles. The third-order valence-corrected chi connectivity index (χ3v) is 3.34. The van der Waals surface area contributed by atoms with E-state index in [4.69, 9.17) is 4.42 Å². The van der Waals surface area contributed by atoms with Crippen LogP contribution in [0.25, 0.3) is 0 Å². The summed E-state index contributed by atoms with van der Waals surface area (Å²) in [6, 6.07) is 9.11. The normalized spacial score (nSPS) is 10.2. The van der Waals surface area contributed by atoms with E-state index >= 15 is 0 Å².